The Balaban J connectivity index is 2.40. The first-order valence-electron chi connectivity index (χ1n) is 7.09. The normalized spacial score (nSPS) is 24.8. The Bertz CT molecular complexity index is 583. The van der Waals surface area contributed by atoms with E-state index in [-0.39, 0.29) is 12.6 Å². The topological polar surface area (TPSA) is 57.6 Å². The predicted octanol–water partition coefficient (Wildman–Crippen LogP) is 2.30. The molecule has 0 saturated carbocycles. The molecule has 1 heterocycles. The van der Waals surface area contributed by atoms with E-state index in [1.807, 2.05) is 6.92 Å². The molecular weight excluding hydrogens is 274 g/mol. The third-order valence-corrected chi connectivity index (χ3v) is 6.39. The summed E-state index contributed by atoms with van der Waals surface area (Å²) >= 11 is 0. The summed E-state index contributed by atoms with van der Waals surface area (Å²) in [6.45, 7) is 6.33. The lowest BCUT2D eigenvalue weighted by atomic mass is 9.95. The van der Waals surface area contributed by atoms with Crippen LogP contribution in [-0.2, 0) is 16.6 Å². The van der Waals surface area contributed by atoms with Gasteiger partial charge in [-0.05, 0) is 49.8 Å². The minimum atomic E-state index is -3.48. The maximum Gasteiger partial charge on any atom is 0.243 e. The van der Waals surface area contributed by atoms with Crippen LogP contribution in [0.1, 0.15) is 37.8 Å². The van der Waals surface area contributed by atoms with Crippen molar-refractivity contribution in [2.75, 3.05) is 6.54 Å². The fourth-order valence-electron chi connectivity index (χ4n) is 2.98. The van der Waals surface area contributed by atoms with Crippen molar-refractivity contribution in [3.05, 3.63) is 29.3 Å². The molecule has 1 saturated heterocycles. The van der Waals surface area contributed by atoms with E-state index < -0.39 is 10.0 Å². The van der Waals surface area contributed by atoms with E-state index in [1.54, 1.807) is 29.4 Å². The number of hydrogen-bond donors (Lipinski definition) is 1. The molecule has 0 radical (unpaired) electrons. The molecule has 20 heavy (non-hydrogen) atoms. The lowest BCUT2D eigenvalue weighted by Crippen LogP contribution is -2.44. The molecule has 0 aliphatic carbocycles. The Morgan fingerprint density at radius 3 is 2.65 bits per heavy atom. The van der Waals surface area contributed by atoms with Crippen LogP contribution >= 0.6 is 0 Å². The second kappa shape index (κ2) is 5.84. The van der Waals surface area contributed by atoms with Gasteiger partial charge in [0.05, 0.1) is 11.5 Å². The number of rotatable bonds is 3. The molecule has 1 aliphatic rings. The van der Waals surface area contributed by atoms with E-state index >= 15 is 0 Å². The van der Waals surface area contributed by atoms with Crippen LogP contribution in [0.4, 0.5) is 0 Å². The summed E-state index contributed by atoms with van der Waals surface area (Å²) in [6, 6.07) is 5.12. The fraction of sp³-hybridized carbons (Fsp3) is 0.600. The summed E-state index contributed by atoms with van der Waals surface area (Å²) in [6.07, 6.45) is 1.81. The third-order valence-electron chi connectivity index (χ3n) is 4.23. The maximum atomic E-state index is 12.8. The SMILES string of the molecule is Cc1c(CO)cccc1S(=O)(=O)N1CCC(C)CC1C. The molecule has 0 aromatic heterocycles. The quantitative estimate of drug-likeness (QED) is 0.931. The van der Waals surface area contributed by atoms with Gasteiger partial charge in [0.2, 0.25) is 10.0 Å². The number of benzene rings is 1. The molecule has 1 fully saturated rings. The van der Waals surface area contributed by atoms with Gasteiger partial charge in [0.1, 0.15) is 0 Å². The van der Waals surface area contributed by atoms with Crippen molar-refractivity contribution in [3.8, 4) is 0 Å². The van der Waals surface area contributed by atoms with Crippen molar-refractivity contribution < 1.29 is 13.5 Å². The van der Waals surface area contributed by atoms with Crippen LogP contribution in [0.15, 0.2) is 23.1 Å². The summed E-state index contributed by atoms with van der Waals surface area (Å²) in [5, 5.41) is 9.30. The molecular formula is C15H23NO3S. The fourth-order valence-corrected chi connectivity index (χ4v) is 4.91. The summed E-state index contributed by atoms with van der Waals surface area (Å²) in [7, 11) is -3.48. The molecule has 0 amide bonds. The van der Waals surface area contributed by atoms with Crippen molar-refractivity contribution in [2.24, 2.45) is 5.92 Å². The van der Waals surface area contributed by atoms with Gasteiger partial charge >= 0.3 is 0 Å². The Hall–Kier alpha value is -0.910. The van der Waals surface area contributed by atoms with E-state index in [0.29, 0.717) is 28.5 Å². The number of piperidine rings is 1. The first kappa shape index (κ1) is 15.5. The van der Waals surface area contributed by atoms with Gasteiger partial charge in [0, 0.05) is 12.6 Å². The van der Waals surface area contributed by atoms with Gasteiger partial charge in [-0.15, -0.1) is 0 Å². The van der Waals surface area contributed by atoms with Crippen LogP contribution in [0.5, 0.6) is 0 Å². The molecule has 1 aromatic rings. The van der Waals surface area contributed by atoms with Crippen molar-refractivity contribution in [1.82, 2.24) is 4.31 Å². The van der Waals surface area contributed by atoms with Gasteiger partial charge in [-0.25, -0.2) is 8.42 Å². The highest BCUT2D eigenvalue weighted by Crippen LogP contribution is 2.30. The largest absolute Gasteiger partial charge is 0.392 e. The zero-order chi connectivity index (χ0) is 14.9. The van der Waals surface area contributed by atoms with Crippen LogP contribution in [0.2, 0.25) is 0 Å². The second-order valence-electron chi connectivity index (χ2n) is 5.79. The highest BCUT2D eigenvalue weighted by Gasteiger charge is 2.34. The van der Waals surface area contributed by atoms with Crippen LogP contribution < -0.4 is 0 Å². The molecule has 2 atom stereocenters. The molecule has 1 N–H and O–H groups in total. The summed E-state index contributed by atoms with van der Waals surface area (Å²) in [5.74, 6) is 0.571. The zero-order valence-electron chi connectivity index (χ0n) is 12.3. The number of aliphatic hydroxyl groups excluding tert-OH is 1. The second-order valence-corrected chi connectivity index (χ2v) is 7.65. The Labute approximate surface area is 121 Å². The van der Waals surface area contributed by atoms with Crippen molar-refractivity contribution >= 4 is 10.0 Å². The predicted molar refractivity (Wildman–Crippen MR) is 78.9 cm³/mol. The zero-order valence-corrected chi connectivity index (χ0v) is 13.2. The molecule has 0 bridgehead atoms. The molecule has 1 aliphatic heterocycles. The smallest absolute Gasteiger partial charge is 0.243 e. The summed E-state index contributed by atoms with van der Waals surface area (Å²) in [4.78, 5) is 0.324. The number of aliphatic hydroxyl groups is 1. The maximum absolute atomic E-state index is 12.8. The first-order chi connectivity index (χ1) is 9.37. The summed E-state index contributed by atoms with van der Waals surface area (Å²) < 4.78 is 27.3. The number of nitrogens with zero attached hydrogens (tertiary/aromatic N) is 1. The number of hydrogen-bond acceptors (Lipinski definition) is 3. The molecule has 1 aromatic carbocycles. The molecule has 2 rings (SSSR count). The Morgan fingerprint density at radius 1 is 1.35 bits per heavy atom. The number of sulfonamides is 1. The Morgan fingerprint density at radius 2 is 2.05 bits per heavy atom. The van der Waals surface area contributed by atoms with Gasteiger partial charge in [-0.2, -0.15) is 4.31 Å². The third kappa shape index (κ3) is 2.75. The van der Waals surface area contributed by atoms with Gasteiger partial charge in [0.15, 0.2) is 0 Å². The van der Waals surface area contributed by atoms with Gasteiger partial charge in [0.25, 0.3) is 0 Å². The van der Waals surface area contributed by atoms with Gasteiger partial charge in [-0.3, -0.25) is 0 Å². The van der Waals surface area contributed by atoms with E-state index in [4.69, 9.17) is 0 Å². The minimum Gasteiger partial charge on any atom is -0.392 e. The highest BCUT2D eigenvalue weighted by molar-refractivity contribution is 7.89. The van der Waals surface area contributed by atoms with E-state index in [9.17, 15) is 13.5 Å². The van der Waals surface area contributed by atoms with Crippen LogP contribution in [0.25, 0.3) is 0 Å². The van der Waals surface area contributed by atoms with Gasteiger partial charge in [-0.1, -0.05) is 19.1 Å². The van der Waals surface area contributed by atoms with Crippen molar-refractivity contribution in [2.45, 2.75) is 51.2 Å². The van der Waals surface area contributed by atoms with Gasteiger partial charge < -0.3 is 5.11 Å². The van der Waals surface area contributed by atoms with E-state index in [1.165, 1.54) is 0 Å². The highest BCUT2D eigenvalue weighted by atomic mass is 32.2. The standard InChI is InChI=1S/C15H23NO3S/c1-11-7-8-16(12(2)9-11)20(18,19)15-6-4-5-14(10-17)13(15)3/h4-6,11-12,17H,7-10H2,1-3H3. The molecule has 5 heteroatoms. The summed E-state index contributed by atoms with van der Waals surface area (Å²) in [5.41, 5.74) is 1.32. The first-order valence-corrected chi connectivity index (χ1v) is 8.53. The van der Waals surface area contributed by atoms with Crippen LogP contribution in [-0.4, -0.2) is 30.4 Å². The lowest BCUT2D eigenvalue weighted by Gasteiger charge is -2.35. The van der Waals surface area contributed by atoms with E-state index in [2.05, 4.69) is 6.92 Å². The monoisotopic (exact) mass is 297 g/mol. The van der Waals surface area contributed by atoms with Crippen molar-refractivity contribution in [3.63, 3.8) is 0 Å². The van der Waals surface area contributed by atoms with Crippen molar-refractivity contribution in [1.29, 1.82) is 0 Å². The molecule has 0 spiro atoms. The molecule has 2 unspecified atom stereocenters. The minimum absolute atomic E-state index is 0.0286. The Kier molecular flexibility index (Phi) is 4.52. The average molecular weight is 297 g/mol. The average Bonchev–Trinajstić information content (AvgIpc) is 2.38. The lowest BCUT2D eigenvalue weighted by molar-refractivity contribution is 0.220. The molecule has 4 nitrogen and oxygen atoms in total. The van der Waals surface area contributed by atoms with Crippen LogP contribution in [0, 0.1) is 12.8 Å². The molecule has 112 valence electrons. The van der Waals surface area contributed by atoms with Crippen LogP contribution in [0.3, 0.4) is 0 Å². The van der Waals surface area contributed by atoms with E-state index in [0.717, 1.165) is 12.8 Å².